The maximum Gasteiger partial charge on any atom is 0.251 e. The molecule has 0 aliphatic carbocycles. The van der Waals surface area contributed by atoms with Crippen molar-refractivity contribution in [3.05, 3.63) is 22.7 Å². The average Bonchev–Trinajstić information content (AvgIpc) is 2.87. The van der Waals surface area contributed by atoms with Gasteiger partial charge in [0.15, 0.2) is 11.5 Å². The van der Waals surface area contributed by atoms with Crippen LogP contribution in [0.4, 0.5) is 0 Å². The van der Waals surface area contributed by atoms with Gasteiger partial charge in [0.1, 0.15) is 0 Å². The topological polar surface area (TPSA) is 56.8 Å². The Morgan fingerprint density at radius 1 is 1.47 bits per heavy atom. The lowest BCUT2D eigenvalue weighted by atomic mass is 10.2. The van der Waals surface area contributed by atoms with Crippen molar-refractivity contribution in [1.82, 2.24) is 5.32 Å². The zero-order valence-electron chi connectivity index (χ0n) is 10.7. The van der Waals surface area contributed by atoms with Crippen molar-refractivity contribution in [2.45, 2.75) is 13.3 Å². The highest BCUT2D eigenvalue weighted by atomic mass is 35.5. The van der Waals surface area contributed by atoms with Gasteiger partial charge in [-0.25, -0.2) is 0 Å². The summed E-state index contributed by atoms with van der Waals surface area (Å²) >= 11 is 6.02. The summed E-state index contributed by atoms with van der Waals surface area (Å²) in [5.41, 5.74) is 0.464. The van der Waals surface area contributed by atoms with Crippen LogP contribution >= 0.6 is 11.6 Å². The van der Waals surface area contributed by atoms with Crippen molar-refractivity contribution in [2.24, 2.45) is 0 Å². The van der Waals surface area contributed by atoms with Crippen LogP contribution in [0.25, 0.3) is 0 Å². The Bertz CT molecular complexity index is 464. The number of nitrogens with one attached hydrogen (secondary N) is 1. The van der Waals surface area contributed by atoms with Crippen molar-refractivity contribution in [2.75, 3.05) is 26.6 Å². The molecule has 104 valence electrons. The largest absolute Gasteiger partial charge is 0.454 e. The van der Waals surface area contributed by atoms with E-state index in [2.05, 4.69) is 5.32 Å². The van der Waals surface area contributed by atoms with E-state index < -0.39 is 0 Å². The first-order valence-electron chi connectivity index (χ1n) is 6.17. The molecule has 1 aliphatic rings. The third-order valence-electron chi connectivity index (χ3n) is 2.64. The van der Waals surface area contributed by atoms with Crippen molar-refractivity contribution in [3.63, 3.8) is 0 Å². The van der Waals surface area contributed by atoms with Crippen LogP contribution < -0.4 is 14.8 Å². The van der Waals surface area contributed by atoms with Crippen molar-refractivity contribution >= 4 is 17.5 Å². The minimum Gasteiger partial charge on any atom is -0.454 e. The van der Waals surface area contributed by atoms with Gasteiger partial charge in [-0.15, -0.1) is 0 Å². The Morgan fingerprint density at radius 3 is 3.11 bits per heavy atom. The molecule has 0 saturated carbocycles. The van der Waals surface area contributed by atoms with E-state index in [9.17, 15) is 4.79 Å². The molecule has 1 aromatic rings. The molecule has 0 aromatic heterocycles. The molecule has 0 fully saturated rings. The third-order valence-corrected chi connectivity index (χ3v) is 2.93. The standard InChI is InChI=1S/C13H16ClNO4/c1-2-17-5-3-4-15-13(16)9-6-10(14)12-11(7-9)18-8-19-12/h6-7H,2-5,8H2,1H3,(H,15,16). The fourth-order valence-corrected chi connectivity index (χ4v) is 1.99. The lowest BCUT2D eigenvalue weighted by Crippen LogP contribution is -2.25. The number of ether oxygens (including phenoxy) is 3. The second kappa shape index (κ2) is 6.63. The minimum atomic E-state index is -0.184. The third kappa shape index (κ3) is 3.52. The Kier molecular flexibility index (Phi) is 4.87. The summed E-state index contributed by atoms with van der Waals surface area (Å²) in [5, 5.41) is 3.19. The summed E-state index contributed by atoms with van der Waals surface area (Å²) in [7, 11) is 0. The van der Waals surface area contributed by atoms with Gasteiger partial charge in [0.25, 0.3) is 5.91 Å². The van der Waals surface area contributed by atoms with Crippen molar-refractivity contribution in [3.8, 4) is 11.5 Å². The van der Waals surface area contributed by atoms with E-state index in [0.29, 0.717) is 41.8 Å². The average molecular weight is 286 g/mol. The van der Waals surface area contributed by atoms with Gasteiger partial charge in [0, 0.05) is 25.3 Å². The highest BCUT2D eigenvalue weighted by molar-refractivity contribution is 6.32. The first-order valence-corrected chi connectivity index (χ1v) is 6.55. The molecular weight excluding hydrogens is 270 g/mol. The quantitative estimate of drug-likeness (QED) is 0.814. The summed E-state index contributed by atoms with van der Waals surface area (Å²) in [6.07, 6.45) is 0.776. The lowest BCUT2D eigenvalue weighted by molar-refractivity contribution is 0.0944. The molecule has 1 heterocycles. The lowest BCUT2D eigenvalue weighted by Gasteiger charge is -2.07. The predicted octanol–water partition coefficient (Wildman–Crippen LogP) is 2.23. The van der Waals surface area contributed by atoms with Gasteiger partial charge in [-0.2, -0.15) is 0 Å². The van der Waals surface area contributed by atoms with Gasteiger partial charge in [-0.3, -0.25) is 4.79 Å². The van der Waals surface area contributed by atoms with Crippen LogP contribution in [0.1, 0.15) is 23.7 Å². The molecule has 0 radical (unpaired) electrons. The fourth-order valence-electron chi connectivity index (χ4n) is 1.72. The maximum absolute atomic E-state index is 11.9. The zero-order valence-corrected chi connectivity index (χ0v) is 11.5. The van der Waals surface area contributed by atoms with Crippen molar-refractivity contribution < 1.29 is 19.0 Å². The Morgan fingerprint density at radius 2 is 2.32 bits per heavy atom. The van der Waals surface area contributed by atoms with E-state index in [1.165, 1.54) is 0 Å². The van der Waals surface area contributed by atoms with Gasteiger partial charge in [0.2, 0.25) is 6.79 Å². The SMILES string of the molecule is CCOCCCNC(=O)c1cc(Cl)c2c(c1)OCO2. The van der Waals surface area contributed by atoms with Crippen LogP contribution in [-0.4, -0.2) is 32.5 Å². The molecule has 5 nitrogen and oxygen atoms in total. The number of halogens is 1. The minimum absolute atomic E-state index is 0.133. The van der Waals surface area contributed by atoms with Crippen LogP contribution in [0, 0.1) is 0 Å². The molecule has 0 unspecified atom stereocenters. The second-order valence-electron chi connectivity index (χ2n) is 4.00. The van der Waals surface area contributed by atoms with Gasteiger partial charge >= 0.3 is 0 Å². The summed E-state index contributed by atoms with van der Waals surface area (Å²) in [4.78, 5) is 11.9. The van der Waals surface area contributed by atoms with Crippen LogP contribution in [0.5, 0.6) is 11.5 Å². The first kappa shape index (κ1) is 14.0. The number of carbonyl (C=O) groups excluding carboxylic acids is 1. The first-order chi connectivity index (χ1) is 9.22. The van der Waals surface area contributed by atoms with Crippen LogP contribution in [-0.2, 0) is 4.74 Å². The molecule has 1 aromatic carbocycles. The molecule has 6 heteroatoms. The van der Waals surface area contributed by atoms with E-state index in [-0.39, 0.29) is 12.7 Å². The van der Waals surface area contributed by atoms with Gasteiger partial charge in [0.05, 0.1) is 5.02 Å². The number of benzene rings is 1. The summed E-state index contributed by atoms with van der Waals surface area (Å²) < 4.78 is 15.6. The summed E-state index contributed by atoms with van der Waals surface area (Å²) in [6, 6.07) is 3.21. The fraction of sp³-hybridized carbons (Fsp3) is 0.462. The van der Waals surface area contributed by atoms with Crippen molar-refractivity contribution in [1.29, 1.82) is 0 Å². The molecule has 1 N–H and O–H groups in total. The van der Waals surface area contributed by atoms with Gasteiger partial charge in [-0.05, 0) is 25.5 Å². The Labute approximate surface area is 116 Å². The summed E-state index contributed by atoms with van der Waals surface area (Å²) in [6.45, 7) is 3.96. The van der Waals surface area contributed by atoms with E-state index in [4.69, 9.17) is 25.8 Å². The Balaban J connectivity index is 1.91. The highest BCUT2D eigenvalue weighted by Crippen LogP contribution is 2.39. The molecule has 0 spiro atoms. The normalized spacial score (nSPS) is 12.5. The molecule has 1 aliphatic heterocycles. The van der Waals surface area contributed by atoms with E-state index in [1.54, 1.807) is 12.1 Å². The molecule has 19 heavy (non-hydrogen) atoms. The number of carbonyl (C=O) groups is 1. The van der Waals surface area contributed by atoms with Gasteiger partial charge < -0.3 is 19.5 Å². The molecule has 0 saturated heterocycles. The van der Waals surface area contributed by atoms with Crippen LogP contribution in [0.2, 0.25) is 5.02 Å². The smallest absolute Gasteiger partial charge is 0.251 e. The van der Waals surface area contributed by atoms with E-state index >= 15 is 0 Å². The number of amides is 1. The monoisotopic (exact) mass is 285 g/mol. The number of hydrogen-bond donors (Lipinski definition) is 1. The molecule has 0 atom stereocenters. The number of rotatable bonds is 6. The number of hydrogen-bond acceptors (Lipinski definition) is 4. The molecule has 0 bridgehead atoms. The van der Waals surface area contributed by atoms with E-state index in [1.807, 2.05) is 6.92 Å². The zero-order chi connectivity index (χ0) is 13.7. The maximum atomic E-state index is 11.9. The molecular formula is C13H16ClNO4. The molecule has 1 amide bonds. The predicted molar refractivity (Wildman–Crippen MR) is 71.0 cm³/mol. The highest BCUT2D eigenvalue weighted by Gasteiger charge is 2.20. The van der Waals surface area contributed by atoms with Crippen LogP contribution in [0.15, 0.2) is 12.1 Å². The Hall–Kier alpha value is -1.46. The van der Waals surface area contributed by atoms with Crippen LogP contribution in [0.3, 0.4) is 0 Å². The molecule has 2 rings (SSSR count). The second-order valence-corrected chi connectivity index (χ2v) is 4.41. The van der Waals surface area contributed by atoms with E-state index in [0.717, 1.165) is 6.42 Å². The van der Waals surface area contributed by atoms with Gasteiger partial charge in [-0.1, -0.05) is 11.6 Å². The summed E-state index contributed by atoms with van der Waals surface area (Å²) in [5.74, 6) is 0.818. The number of fused-ring (bicyclic) bond motifs is 1.